The normalized spacial score (nSPS) is 31.1. The molecule has 4 fully saturated rings. The van der Waals surface area contributed by atoms with Crippen LogP contribution in [0.3, 0.4) is 0 Å². The van der Waals surface area contributed by atoms with Gasteiger partial charge in [-0.1, -0.05) is 0 Å². The molecule has 4 aliphatic rings. The van der Waals surface area contributed by atoms with Crippen molar-refractivity contribution in [2.24, 2.45) is 17.8 Å². The Kier molecular flexibility index (Phi) is 6.44. The van der Waals surface area contributed by atoms with Crippen molar-refractivity contribution >= 4 is 18.0 Å². The Bertz CT molecular complexity index is 604. The lowest BCUT2D eigenvalue weighted by atomic mass is 9.53. The molecule has 7 nitrogen and oxygen atoms in total. The topological polar surface area (TPSA) is 93.7 Å². The maximum atomic E-state index is 12.7. The highest BCUT2D eigenvalue weighted by Crippen LogP contribution is 2.55. The fraction of sp³-hybridized carbons (Fsp3) is 0.864. The summed E-state index contributed by atoms with van der Waals surface area (Å²) in [4.78, 5) is 36.3. The summed E-state index contributed by atoms with van der Waals surface area (Å²) in [7, 11) is 0. The van der Waals surface area contributed by atoms with Gasteiger partial charge in [0.2, 0.25) is 0 Å². The van der Waals surface area contributed by atoms with E-state index in [4.69, 9.17) is 9.47 Å². The monoisotopic (exact) mass is 408 g/mol. The summed E-state index contributed by atoms with van der Waals surface area (Å²) < 4.78 is 10.5. The van der Waals surface area contributed by atoms with E-state index in [1.165, 1.54) is 19.3 Å². The minimum absolute atomic E-state index is 0.0795. The molecule has 2 amide bonds. The van der Waals surface area contributed by atoms with Gasteiger partial charge in [0.05, 0.1) is 0 Å². The Labute approximate surface area is 173 Å². The molecule has 4 rings (SSSR count). The molecule has 0 saturated heterocycles. The molecule has 0 spiro atoms. The van der Waals surface area contributed by atoms with Crippen LogP contribution in [0.2, 0.25) is 0 Å². The van der Waals surface area contributed by atoms with Crippen molar-refractivity contribution in [2.75, 3.05) is 6.54 Å². The molecule has 0 aromatic carbocycles. The molecule has 0 heterocycles. The molecule has 29 heavy (non-hydrogen) atoms. The molecule has 4 saturated carbocycles. The van der Waals surface area contributed by atoms with Gasteiger partial charge >= 0.3 is 12.1 Å². The number of hydrogen-bond donors (Lipinski definition) is 2. The second kappa shape index (κ2) is 8.52. The molecular weight excluding hydrogens is 372 g/mol. The highest BCUT2D eigenvalue weighted by Gasteiger charge is 2.51. The predicted molar refractivity (Wildman–Crippen MR) is 108 cm³/mol. The lowest BCUT2D eigenvalue weighted by molar-refractivity contribution is -0.156. The van der Waals surface area contributed by atoms with Crippen LogP contribution in [-0.2, 0) is 19.1 Å². The summed E-state index contributed by atoms with van der Waals surface area (Å²) in [6.45, 7) is 7.32. The summed E-state index contributed by atoms with van der Waals surface area (Å²) >= 11 is 0. The van der Waals surface area contributed by atoms with Crippen molar-refractivity contribution in [3.8, 4) is 0 Å². The van der Waals surface area contributed by atoms with Crippen LogP contribution in [0.1, 0.15) is 79.1 Å². The fourth-order valence-corrected chi connectivity index (χ4v) is 5.67. The Balaban J connectivity index is 1.35. The summed E-state index contributed by atoms with van der Waals surface area (Å²) in [6.07, 6.45) is 6.44. The van der Waals surface area contributed by atoms with E-state index < -0.39 is 23.8 Å². The Morgan fingerprint density at radius 1 is 1.03 bits per heavy atom. The molecular formula is C22H36N2O5. The zero-order chi connectivity index (χ0) is 21.2. The van der Waals surface area contributed by atoms with Gasteiger partial charge in [0, 0.05) is 18.5 Å². The third-order valence-electron chi connectivity index (χ3n) is 6.33. The summed E-state index contributed by atoms with van der Waals surface area (Å²) in [5, 5.41) is 5.85. The lowest BCUT2D eigenvalue weighted by Crippen LogP contribution is -2.61. The maximum Gasteiger partial charge on any atom is 0.407 e. The lowest BCUT2D eigenvalue weighted by Gasteiger charge is -2.57. The summed E-state index contributed by atoms with van der Waals surface area (Å²) in [5.41, 5.74) is -0.633. The Morgan fingerprint density at radius 2 is 1.59 bits per heavy atom. The maximum absolute atomic E-state index is 12.7. The van der Waals surface area contributed by atoms with E-state index in [0.717, 1.165) is 37.0 Å². The number of hydrogen-bond acceptors (Lipinski definition) is 5. The van der Waals surface area contributed by atoms with Crippen LogP contribution in [0.4, 0.5) is 4.79 Å². The highest BCUT2D eigenvalue weighted by molar-refractivity contribution is 5.84. The van der Waals surface area contributed by atoms with Crippen LogP contribution in [0.5, 0.6) is 0 Å². The molecule has 0 unspecified atom stereocenters. The first-order valence-corrected chi connectivity index (χ1v) is 11.0. The second-order valence-electron chi connectivity index (χ2n) is 10.4. The smallest absolute Gasteiger partial charge is 0.407 e. The van der Waals surface area contributed by atoms with Gasteiger partial charge in [-0.25, -0.2) is 4.79 Å². The molecule has 1 atom stereocenters. The van der Waals surface area contributed by atoms with Crippen molar-refractivity contribution in [1.82, 2.24) is 10.6 Å². The van der Waals surface area contributed by atoms with Crippen LogP contribution >= 0.6 is 0 Å². The van der Waals surface area contributed by atoms with Crippen molar-refractivity contribution in [1.29, 1.82) is 0 Å². The Morgan fingerprint density at radius 3 is 2.10 bits per heavy atom. The quantitative estimate of drug-likeness (QED) is 0.498. The molecule has 0 aliphatic heterocycles. The average Bonchev–Trinajstić information content (AvgIpc) is 2.55. The van der Waals surface area contributed by atoms with Crippen LogP contribution in [0.15, 0.2) is 0 Å². The molecule has 0 aromatic rings. The number of carbonyl (C=O) groups is 3. The van der Waals surface area contributed by atoms with Gasteiger partial charge in [-0.05, 0) is 90.4 Å². The summed E-state index contributed by atoms with van der Waals surface area (Å²) in [6, 6.07) is 0. The number of carbonyl (C=O) groups excluding carboxylic acids is 3. The largest absolute Gasteiger partial charge is 0.453 e. The molecule has 0 radical (unpaired) electrons. The molecule has 7 heteroatoms. The van der Waals surface area contributed by atoms with E-state index >= 15 is 0 Å². The predicted octanol–water partition coefficient (Wildman–Crippen LogP) is 3.31. The molecule has 0 aromatic heterocycles. The van der Waals surface area contributed by atoms with Crippen molar-refractivity contribution in [3.05, 3.63) is 0 Å². The van der Waals surface area contributed by atoms with Gasteiger partial charge in [-0.3, -0.25) is 9.59 Å². The van der Waals surface area contributed by atoms with Gasteiger partial charge in [0.1, 0.15) is 5.60 Å². The van der Waals surface area contributed by atoms with Crippen molar-refractivity contribution in [2.45, 2.75) is 96.3 Å². The highest BCUT2D eigenvalue weighted by atomic mass is 16.6. The zero-order valence-electron chi connectivity index (χ0n) is 18.2. The van der Waals surface area contributed by atoms with Gasteiger partial charge in [-0.15, -0.1) is 0 Å². The van der Waals surface area contributed by atoms with Crippen LogP contribution in [-0.4, -0.2) is 41.8 Å². The van der Waals surface area contributed by atoms with Crippen LogP contribution in [0, 0.1) is 17.8 Å². The first-order valence-electron chi connectivity index (χ1n) is 11.0. The second-order valence-corrected chi connectivity index (χ2v) is 10.4. The Hall–Kier alpha value is -1.79. The first kappa shape index (κ1) is 21.9. The van der Waals surface area contributed by atoms with Crippen molar-refractivity contribution in [3.63, 3.8) is 0 Å². The van der Waals surface area contributed by atoms with E-state index in [1.54, 1.807) is 27.7 Å². The molecule has 2 N–H and O–H groups in total. The fourth-order valence-electron chi connectivity index (χ4n) is 5.67. The number of esters is 1. The van der Waals surface area contributed by atoms with E-state index in [2.05, 4.69) is 10.6 Å². The zero-order valence-corrected chi connectivity index (χ0v) is 18.2. The third kappa shape index (κ3) is 6.09. The number of nitrogens with one attached hydrogen (secondary N) is 2. The minimum atomic E-state index is -0.797. The standard InChI is InChI=1S/C22H36N2O5/c1-14(28-18(25)6-5-7-23-20(27)29-21(2,3)4)19(26)24-22-11-15-8-16(12-22)10-17(9-15)13-22/h14-17H,5-13H2,1-4H3,(H,23,27)(H,24,26)/t14-,15?,16?,17?,22?/m1/s1. The molecule has 4 bridgehead atoms. The van der Waals surface area contributed by atoms with Gasteiger partial charge in [0.15, 0.2) is 6.10 Å². The average molecular weight is 409 g/mol. The van der Waals surface area contributed by atoms with E-state index in [1.807, 2.05) is 0 Å². The number of amides is 2. The molecule has 4 aliphatic carbocycles. The summed E-state index contributed by atoms with van der Waals surface area (Å²) in [5.74, 6) is 1.63. The van der Waals surface area contributed by atoms with Gasteiger partial charge in [0.25, 0.3) is 5.91 Å². The third-order valence-corrected chi connectivity index (χ3v) is 6.33. The van der Waals surface area contributed by atoms with Gasteiger partial charge in [-0.2, -0.15) is 0 Å². The van der Waals surface area contributed by atoms with E-state index in [0.29, 0.717) is 13.0 Å². The number of ether oxygens (including phenoxy) is 2. The van der Waals surface area contributed by atoms with Crippen molar-refractivity contribution < 1.29 is 23.9 Å². The number of alkyl carbamates (subject to hydrolysis) is 1. The van der Waals surface area contributed by atoms with Gasteiger partial charge < -0.3 is 20.1 Å². The van der Waals surface area contributed by atoms with E-state index in [-0.39, 0.29) is 17.9 Å². The minimum Gasteiger partial charge on any atom is -0.453 e. The van der Waals surface area contributed by atoms with E-state index in [9.17, 15) is 14.4 Å². The van der Waals surface area contributed by atoms with Crippen LogP contribution in [0.25, 0.3) is 0 Å². The van der Waals surface area contributed by atoms with Crippen LogP contribution < -0.4 is 10.6 Å². The number of rotatable bonds is 7. The first-order chi connectivity index (χ1) is 13.5. The SMILES string of the molecule is C[C@@H](OC(=O)CCCNC(=O)OC(C)(C)C)C(=O)NC12CC3CC(CC(C3)C1)C2. The molecule has 164 valence electrons.